The first-order valence-electron chi connectivity index (χ1n) is 8.68. The van der Waals surface area contributed by atoms with Crippen molar-refractivity contribution in [1.82, 2.24) is 20.4 Å². The molecule has 0 saturated carbocycles. The largest absolute Gasteiger partial charge is 0.392 e. The van der Waals surface area contributed by atoms with Crippen LogP contribution in [0.4, 0.5) is 4.79 Å². The SMILES string of the molecule is CC(CNC(=O)NCc1ccccc1CO)CN1CCN(C)CC1. The van der Waals surface area contributed by atoms with Gasteiger partial charge in [-0.2, -0.15) is 0 Å². The first-order valence-corrected chi connectivity index (χ1v) is 8.68. The third-order valence-corrected chi connectivity index (χ3v) is 4.50. The normalized spacial score (nSPS) is 17.5. The lowest BCUT2D eigenvalue weighted by molar-refractivity contribution is 0.138. The maximum atomic E-state index is 12.0. The first-order chi connectivity index (χ1) is 11.6. The van der Waals surface area contributed by atoms with Gasteiger partial charge in [0.2, 0.25) is 0 Å². The van der Waals surface area contributed by atoms with Gasteiger partial charge < -0.3 is 25.5 Å². The molecular formula is C18H30N4O2. The molecule has 1 saturated heterocycles. The van der Waals surface area contributed by atoms with E-state index in [1.807, 2.05) is 24.3 Å². The van der Waals surface area contributed by atoms with Crippen LogP contribution in [0.5, 0.6) is 0 Å². The van der Waals surface area contributed by atoms with Gasteiger partial charge in [0.05, 0.1) is 6.61 Å². The molecule has 2 rings (SSSR count). The van der Waals surface area contributed by atoms with Crippen LogP contribution >= 0.6 is 0 Å². The van der Waals surface area contributed by atoms with Crippen molar-refractivity contribution in [3.63, 3.8) is 0 Å². The van der Waals surface area contributed by atoms with Gasteiger partial charge in [-0.25, -0.2) is 4.79 Å². The van der Waals surface area contributed by atoms with Crippen molar-refractivity contribution in [3.05, 3.63) is 35.4 Å². The monoisotopic (exact) mass is 334 g/mol. The standard InChI is InChI=1S/C18H30N4O2/c1-15(13-22-9-7-21(2)8-10-22)11-19-18(24)20-12-16-5-3-4-6-17(16)14-23/h3-6,15,23H,7-14H2,1-2H3,(H2,19,20,24). The van der Waals surface area contributed by atoms with E-state index in [1.165, 1.54) is 0 Å². The van der Waals surface area contributed by atoms with Crippen LogP contribution < -0.4 is 10.6 Å². The van der Waals surface area contributed by atoms with Gasteiger partial charge in [-0.05, 0) is 24.1 Å². The summed E-state index contributed by atoms with van der Waals surface area (Å²) >= 11 is 0. The third-order valence-electron chi connectivity index (χ3n) is 4.50. The molecule has 1 fully saturated rings. The zero-order valence-electron chi connectivity index (χ0n) is 14.8. The van der Waals surface area contributed by atoms with Crippen LogP contribution in [0, 0.1) is 5.92 Å². The summed E-state index contributed by atoms with van der Waals surface area (Å²) in [6, 6.07) is 7.42. The van der Waals surface area contributed by atoms with Crippen molar-refractivity contribution in [2.24, 2.45) is 5.92 Å². The number of piperazine rings is 1. The van der Waals surface area contributed by atoms with Crippen LogP contribution in [-0.2, 0) is 13.2 Å². The van der Waals surface area contributed by atoms with E-state index in [2.05, 4.69) is 34.4 Å². The van der Waals surface area contributed by atoms with E-state index >= 15 is 0 Å². The molecule has 1 aliphatic rings. The molecule has 0 bridgehead atoms. The van der Waals surface area contributed by atoms with E-state index in [9.17, 15) is 9.90 Å². The first kappa shape index (κ1) is 18.7. The Labute approximate surface area is 144 Å². The molecule has 1 heterocycles. The molecule has 3 N–H and O–H groups in total. The number of benzene rings is 1. The smallest absolute Gasteiger partial charge is 0.315 e. The van der Waals surface area contributed by atoms with Crippen molar-refractivity contribution in [3.8, 4) is 0 Å². The Morgan fingerprint density at radius 1 is 1.17 bits per heavy atom. The van der Waals surface area contributed by atoms with Gasteiger partial charge in [0.25, 0.3) is 0 Å². The highest BCUT2D eigenvalue weighted by Crippen LogP contribution is 2.08. The molecule has 0 aliphatic carbocycles. The summed E-state index contributed by atoms with van der Waals surface area (Å²) in [5.41, 5.74) is 1.79. The van der Waals surface area contributed by atoms with Crippen LogP contribution in [0.2, 0.25) is 0 Å². The Bertz CT molecular complexity index is 515. The van der Waals surface area contributed by atoms with E-state index < -0.39 is 0 Å². The van der Waals surface area contributed by atoms with Crippen LogP contribution in [0.25, 0.3) is 0 Å². The van der Waals surface area contributed by atoms with Crippen LogP contribution in [0.1, 0.15) is 18.1 Å². The molecule has 2 amide bonds. The maximum absolute atomic E-state index is 12.0. The number of carbonyl (C=O) groups is 1. The van der Waals surface area contributed by atoms with Crippen LogP contribution in [0.15, 0.2) is 24.3 Å². The number of rotatable bonds is 7. The van der Waals surface area contributed by atoms with Crippen molar-refractivity contribution in [2.75, 3.05) is 46.3 Å². The summed E-state index contributed by atoms with van der Waals surface area (Å²) in [4.78, 5) is 16.8. The zero-order chi connectivity index (χ0) is 17.4. The van der Waals surface area contributed by atoms with E-state index in [4.69, 9.17) is 0 Å². The third kappa shape index (κ3) is 6.11. The lowest BCUT2D eigenvalue weighted by atomic mass is 10.1. The van der Waals surface area contributed by atoms with Gasteiger partial charge >= 0.3 is 6.03 Å². The Hall–Kier alpha value is -1.63. The number of likely N-dealkylation sites (N-methyl/N-ethyl adjacent to an activating group) is 1. The highest BCUT2D eigenvalue weighted by atomic mass is 16.3. The van der Waals surface area contributed by atoms with Crippen molar-refractivity contribution >= 4 is 6.03 Å². The van der Waals surface area contributed by atoms with Gasteiger partial charge in [-0.15, -0.1) is 0 Å². The summed E-state index contributed by atoms with van der Waals surface area (Å²) in [6.07, 6.45) is 0. The fourth-order valence-corrected chi connectivity index (χ4v) is 2.92. The number of carbonyl (C=O) groups excluding carboxylic acids is 1. The average Bonchev–Trinajstić information content (AvgIpc) is 2.60. The average molecular weight is 334 g/mol. The Balaban J connectivity index is 1.65. The molecule has 0 aromatic heterocycles. The molecule has 6 nitrogen and oxygen atoms in total. The molecule has 1 unspecified atom stereocenters. The number of nitrogens with zero attached hydrogens (tertiary/aromatic N) is 2. The fraction of sp³-hybridized carbons (Fsp3) is 0.611. The number of hydrogen-bond donors (Lipinski definition) is 3. The molecule has 1 atom stereocenters. The van der Waals surface area contributed by atoms with Gasteiger partial charge in [-0.1, -0.05) is 31.2 Å². The van der Waals surface area contributed by atoms with Gasteiger partial charge in [0.1, 0.15) is 0 Å². The van der Waals surface area contributed by atoms with E-state index in [0.29, 0.717) is 19.0 Å². The topological polar surface area (TPSA) is 67.8 Å². The van der Waals surface area contributed by atoms with Crippen molar-refractivity contribution in [1.29, 1.82) is 0 Å². The predicted octanol–water partition coefficient (Wildman–Crippen LogP) is 0.862. The summed E-state index contributed by atoms with van der Waals surface area (Å²) in [6.45, 7) is 8.70. The van der Waals surface area contributed by atoms with Crippen molar-refractivity contribution in [2.45, 2.75) is 20.1 Å². The Morgan fingerprint density at radius 3 is 2.50 bits per heavy atom. The minimum Gasteiger partial charge on any atom is -0.392 e. The Kier molecular flexibility index (Phi) is 7.49. The summed E-state index contributed by atoms with van der Waals surface area (Å²) < 4.78 is 0. The second kappa shape index (κ2) is 9.61. The minimum atomic E-state index is -0.159. The second-order valence-corrected chi connectivity index (χ2v) is 6.70. The number of urea groups is 1. The van der Waals surface area contributed by atoms with Crippen molar-refractivity contribution < 1.29 is 9.90 Å². The summed E-state index contributed by atoms with van der Waals surface area (Å²) in [5.74, 6) is 0.420. The zero-order valence-corrected chi connectivity index (χ0v) is 14.8. The van der Waals surface area contributed by atoms with E-state index in [0.717, 1.165) is 43.9 Å². The van der Waals surface area contributed by atoms with Gasteiger partial charge in [0.15, 0.2) is 0 Å². The minimum absolute atomic E-state index is 0.0124. The molecule has 24 heavy (non-hydrogen) atoms. The van der Waals surface area contributed by atoms with E-state index in [-0.39, 0.29) is 12.6 Å². The molecule has 1 aromatic carbocycles. The predicted molar refractivity (Wildman–Crippen MR) is 95.7 cm³/mol. The number of amides is 2. The van der Waals surface area contributed by atoms with Crippen LogP contribution in [0.3, 0.4) is 0 Å². The second-order valence-electron chi connectivity index (χ2n) is 6.70. The molecule has 0 radical (unpaired) electrons. The summed E-state index contributed by atoms with van der Waals surface area (Å²) in [7, 11) is 2.15. The molecule has 1 aliphatic heterocycles. The maximum Gasteiger partial charge on any atom is 0.315 e. The van der Waals surface area contributed by atoms with Gasteiger partial charge in [0, 0.05) is 45.8 Å². The number of hydrogen-bond acceptors (Lipinski definition) is 4. The molecular weight excluding hydrogens is 304 g/mol. The summed E-state index contributed by atoms with van der Waals surface area (Å²) in [5, 5.41) is 15.1. The van der Waals surface area contributed by atoms with E-state index in [1.54, 1.807) is 0 Å². The van der Waals surface area contributed by atoms with Gasteiger partial charge in [-0.3, -0.25) is 0 Å². The Morgan fingerprint density at radius 2 is 1.83 bits per heavy atom. The molecule has 134 valence electrons. The number of aliphatic hydroxyl groups is 1. The lowest BCUT2D eigenvalue weighted by Crippen LogP contribution is -2.47. The fourth-order valence-electron chi connectivity index (χ4n) is 2.92. The number of aliphatic hydroxyl groups excluding tert-OH is 1. The molecule has 1 aromatic rings. The highest BCUT2D eigenvalue weighted by molar-refractivity contribution is 5.73. The lowest BCUT2D eigenvalue weighted by Gasteiger charge is -2.33. The highest BCUT2D eigenvalue weighted by Gasteiger charge is 2.16. The number of nitrogens with one attached hydrogen (secondary N) is 2. The molecule has 0 spiro atoms. The quantitative estimate of drug-likeness (QED) is 0.692. The van der Waals surface area contributed by atoms with Crippen LogP contribution in [-0.4, -0.2) is 67.3 Å². The molecule has 6 heteroatoms.